The van der Waals surface area contributed by atoms with E-state index in [9.17, 15) is 9.59 Å². The van der Waals surface area contributed by atoms with Crippen molar-refractivity contribution in [2.45, 2.75) is 19.1 Å². The molecule has 2 aromatic rings. The first-order valence-corrected chi connectivity index (χ1v) is 7.65. The number of carbonyl (C=O) groups excluding carboxylic acids is 2. The van der Waals surface area contributed by atoms with E-state index in [1.54, 1.807) is 55.6 Å². The average molecular weight is 344 g/mol. The maximum Gasteiger partial charge on any atom is 0.254 e. The van der Waals surface area contributed by atoms with Crippen LogP contribution in [0.5, 0.6) is 5.75 Å². The summed E-state index contributed by atoms with van der Waals surface area (Å²) < 4.78 is 10.7. The molecule has 0 bridgehead atoms. The van der Waals surface area contributed by atoms with E-state index in [0.717, 1.165) is 5.56 Å². The molecule has 0 aliphatic rings. The summed E-state index contributed by atoms with van der Waals surface area (Å²) in [5.41, 5.74) is 2.93. The van der Waals surface area contributed by atoms with Crippen LogP contribution < -0.4 is 15.5 Å². The van der Waals surface area contributed by atoms with Gasteiger partial charge < -0.3 is 14.8 Å². The largest absolute Gasteiger partial charge is 0.497 e. The standard InChI is InChI=1S/C18H20N2O5/c1-24-15-9-7-13(8-10-15)12-25-16(11-17(21)20-23)18(22)19-14-5-3-2-4-6-14/h2-10,16,23H,11-12H2,1H3,(H,19,22)(H,20,21)/t16-/m1/s1. The van der Waals surface area contributed by atoms with Gasteiger partial charge in [-0.3, -0.25) is 14.8 Å². The highest BCUT2D eigenvalue weighted by Gasteiger charge is 2.23. The Hall–Kier alpha value is -2.90. The van der Waals surface area contributed by atoms with Gasteiger partial charge in [-0.2, -0.15) is 0 Å². The molecule has 2 amide bonds. The van der Waals surface area contributed by atoms with Gasteiger partial charge in [0.2, 0.25) is 5.91 Å². The molecule has 0 heterocycles. The third-order valence-electron chi connectivity index (χ3n) is 3.44. The minimum Gasteiger partial charge on any atom is -0.497 e. The Kier molecular flexibility index (Phi) is 6.94. The SMILES string of the molecule is COc1ccc(CO[C@H](CC(=O)NO)C(=O)Nc2ccccc2)cc1. The lowest BCUT2D eigenvalue weighted by Gasteiger charge is -2.17. The highest BCUT2D eigenvalue weighted by atomic mass is 16.5. The number of anilines is 1. The second-order valence-corrected chi connectivity index (χ2v) is 5.24. The van der Waals surface area contributed by atoms with E-state index in [2.05, 4.69) is 5.32 Å². The van der Waals surface area contributed by atoms with Crippen molar-refractivity contribution < 1.29 is 24.3 Å². The fraction of sp³-hybridized carbons (Fsp3) is 0.222. The number of ether oxygens (including phenoxy) is 2. The number of amides is 2. The van der Waals surface area contributed by atoms with Crippen LogP contribution in [0.25, 0.3) is 0 Å². The van der Waals surface area contributed by atoms with Crippen LogP contribution in [0.1, 0.15) is 12.0 Å². The van der Waals surface area contributed by atoms with Crippen molar-refractivity contribution in [1.82, 2.24) is 5.48 Å². The third kappa shape index (κ3) is 5.91. The second-order valence-electron chi connectivity index (χ2n) is 5.24. The molecule has 0 aliphatic carbocycles. The summed E-state index contributed by atoms with van der Waals surface area (Å²) in [5, 5.41) is 11.4. The van der Waals surface area contributed by atoms with Crippen molar-refractivity contribution >= 4 is 17.5 Å². The molecule has 0 spiro atoms. The molecule has 7 heteroatoms. The molecular weight excluding hydrogens is 324 g/mol. The third-order valence-corrected chi connectivity index (χ3v) is 3.44. The van der Waals surface area contributed by atoms with Crippen LogP contribution in [0, 0.1) is 0 Å². The number of methoxy groups -OCH3 is 1. The van der Waals surface area contributed by atoms with Gasteiger partial charge in [0.05, 0.1) is 20.1 Å². The number of rotatable bonds is 8. The summed E-state index contributed by atoms with van der Waals surface area (Å²) in [5.74, 6) is -0.465. The van der Waals surface area contributed by atoms with Gasteiger partial charge in [-0.25, -0.2) is 5.48 Å². The number of hydroxylamine groups is 1. The van der Waals surface area contributed by atoms with Gasteiger partial charge in [0.15, 0.2) is 0 Å². The molecule has 0 saturated carbocycles. The average Bonchev–Trinajstić information content (AvgIpc) is 2.66. The topological polar surface area (TPSA) is 96.9 Å². The molecule has 7 nitrogen and oxygen atoms in total. The summed E-state index contributed by atoms with van der Waals surface area (Å²) in [4.78, 5) is 23.8. The molecule has 0 aliphatic heterocycles. The van der Waals surface area contributed by atoms with Crippen LogP contribution in [-0.2, 0) is 20.9 Å². The molecule has 2 aromatic carbocycles. The number of hydrogen-bond acceptors (Lipinski definition) is 5. The molecule has 0 aromatic heterocycles. The quantitative estimate of drug-likeness (QED) is 0.503. The molecule has 0 unspecified atom stereocenters. The first-order chi connectivity index (χ1) is 12.1. The molecule has 3 N–H and O–H groups in total. The Morgan fingerprint density at radius 3 is 2.36 bits per heavy atom. The molecule has 0 saturated heterocycles. The van der Waals surface area contributed by atoms with Crippen LogP contribution >= 0.6 is 0 Å². The van der Waals surface area contributed by atoms with Gasteiger partial charge in [0, 0.05) is 5.69 Å². The highest BCUT2D eigenvalue weighted by Crippen LogP contribution is 2.14. The van der Waals surface area contributed by atoms with Crippen molar-refractivity contribution in [3.8, 4) is 5.75 Å². The number of para-hydroxylation sites is 1. The summed E-state index contributed by atoms with van der Waals surface area (Å²) >= 11 is 0. The Morgan fingerprint density at radius 1 is 1.08 bits per heavy atom. The van der Waals surface area contributed by atoms with E-state index in [-0.39, 0.29) is 13.0 Å². The van der Waals surface area contributed by atoms with Gasteiger partial charge >= 0.3 is 0 Å². The zero-order valence-electron chi connectivity index (χ0n) is 13.8. The highest BCUT2D eigenvalue weighted by molar-refractivity contribution is 5.96. The van der Waals surface area contributed by atoms with Crippen molar-refractivity contribution in [3.05, 3.63) is 60.2 Å². The fourth-order valence-electron chi connectivity index (χ4n) is 2.10. The summed E-state index contributed by atoms with van der Waals surface area (Å²) in [6.07, 6.45) is -1.35. The number of hydrogen-bond donors (Lipinski definition) is 3. The Morgan fingerprint density at radius 2 is 1.76 bits per heavy atom. The maximum atomic E-state index is 12.4. The van der Waals surface area contributed by atoms with Crippen LogP contribution in [0.2, 0.25) is 0 Å². The lowest BCUT2D eigenvalue weighted by molar-refractivity contribution is -0.139. The zero-order valence-corrected chi connectivity index (χ0v) is 13.8. The predicted octanol–water partition coefficient (Wildman–Crippen LogP) is 2.11. The van der Waals surface area contributed by atoms with Gasteiger partial charge in [0.1, 0.15) is 11.9 Å². The molecule has 0 radical (unpaired) electrons. The molecule has 132 valence electrons. The second kappa shape index (κ2) is 9.41. The van der Waals surface area contributed by atoms with E-state index >= 15 is 0 Å². The number of carbonyl (C=O) groups is 2. The van der Waals surface area contributed by atoms with E-state index in [4.69, 9.17) is 14.7 Å². The minimum absolute atomic E-state index is 0.135. The van der Waals surface area contributed by atoms with Gasteiger partial charge in [-0.1, -0.05) is 30.3 Å². The number of benzene rings is 2. The molecule has 2 rings (SSSR count). The van der Waals surface area contributed by atoms with Crippen LogP contribution in [0.3, 0.4) is 0 Å². The zero-order chi connectivity index (χ0) is 18.1. The van der Waals surface area contributed by atoms with E-state index < -0.39 is 17.9 Å². The number of nitrogens with one attached hydrogen (secondary N) is 2. The van der Waals surface area contributed by atoms with Gasteiger partial charge in [-0.05, 0) is 29.8 Å². The molecular formula is C18H20N2O5. The Balaban J connectivity index is 2.01. The van der Waals surface area contributed by atoms with Crippen molar-refractivity contribution in [2.24, 2.45) is 0 Å². The normalized spacial score (nSPS) is 11.4. The summed E-state index contributed by atoms with van der Waals surface area (Å²) in [6, 6.07) is 16.0. The van der Waals surface area contributed by atoms with E-state index in [1.165, 1.54) is 5.48 Å². The Bertz CT molecular complexity index is 688. The van der Waals surface area contributed by atoms with Crippen LogP contribution in [0.4, 0.5) is 5.69 Å². The fourth-order valence-corrected chi connectivity index (χ4v) is 2.10. The van der Waals surface area contributed by atoms with Gasteiger partial charge in [0.25, 0.3) is 5.91 Å². The first-order valence-electron chi connectivity index (χ1n) is 7.65. The van der Waals surface area contributed by atoms with Gasteiger partial charge in [-0.15, -0.1) is 0 Å². The van der Waals surface area contributed by atoms with Crippen molar-refractivity contribution in [2.75, 3.05) is 12.4 Å². The van der Waals surface area contributed by atoms with E-state index in [0.29, 0.717) is 11.4 Å². The Labute approximate surface area is 145 Å². The van der Waals surface area contributed by atoms with Crippen molar-refractivity contribution in [1.29, 1.82) is 0 Å². The summed E-state index contributed by atoms with van der Waals surface area (Å²) in [6.45, 7) is 0.135. The molecule has 25 heavy (non-hydrogen) atoms. The van der Waals surface area contributed by atoms with Crippen molar-refractivity contribution in [3.63, 3.8) is 0 Å². The maximum absolute atomic E-state index is 12.4. The van der Waals surface area contributed by atoms with E-state index in [1.807, 2.05) is 6.07 Å². The summed E-state index contributed by atoms with van der Waals surface area (Å²) in [7, 11) is 1.57. The lowest BCUT2D eigenvalue weighted by atomic mass is 10.2. The molecule has 1 atom stereocenters. The lowest BCUT2D eigenvalue weighted by Crippen LogP contribution is -2.35. The smallest absolute Gasteiger partial charge is 0.254 e. The first kappa shape index (κ1) is 18.4. The predicted molar refractivity (Wildman–Crippen MR) is 91.2 cm³/mol. The molecule has 0 fully saturated rings. The van der Waals surface area contributed by atoms with Crippen LogP contribution in [-0.4, -0.2) is 30.2 Å². The monoisotopic (exact) mass is 344 g/mol. The minimum atomic E-state index is -1.05. The van der Waals surface area contributed by atoms with Crippen LogP contribution in [0.15, 0.2) is 54.6 Å².